The van der Waals surface area contributed by atoms with E-state index in [0.717, 1.165) is 28.8 Å². The molecule has 0 bridgehead atoms. The highest BCUT2D eigenvalue weighted by molar-refractivity contribution is 6.42. The molecular formula is C21H19Cl2NO2. The third kappa shape index (κ3) is 2.62. The lowest BCUT2D eigenvalue weighted by Crippen LogP contribution is -2.31. The molecule has 2 aliphatic rings. The molecule has 1 aliphatic carbocycles. The number of hydrogen-bond acceptors (Lipinski definition) is 3. The van der Waals surface area contributed by atoms with E-state index in [0.29, 0.717) is 15.6 Å². The average molecular weight is 388 g/mol. The SMILES string of the molecule is COC(=O)c1ccc(C)c2c1[C@@H]1C=CC[C@@H]1[C@H](c1cccc(Cl)c1Cl)N2. The molecule has 5 heteroatoms. The van der Waals surface area contributed by atoms with Crippen molar-refractivity contribution in [3.05, 3.63) is 74.8 Å². The summed E-state index contributed by atoms with van der Waals surface area (Å²) >= 11 is 12.8. The smallest absolute Gasteiger partial charge is 0.338 e. The van der Waals surface area contributed by atoms with Gasteiger partial charge in [0.2, 0.25) is 0 Å². The first-order chi connectivity index (χ1) is 12.5. The Bertz CT molecular complexity index is 922. The number of rotatable bonds is 2. The second-order valence-electron chi connectivity index (χ2n) is 6.83. The minimum Gasteiger partial charge on any atom is -0.465 e. The fourth-order valence-electron chi connectivity index (χ4n) is 4.21. The van der Waals surface area contributed by atoms with Crippen LogP contribution in [0, 0.1) is 12.8 Å². The topological polar surface area (TPSA) is 38.3 Å². The van der Waals surface area contributed by atoms with Gasteiger partial charge in [-0.2, -0.15) is 0 Å². The number of esters is 1. The molecule has 134 valence electrons. The molecule has 0 spiro atoms. The summed E-state index contributed by atoms with van der Waals surface area (Å²) in [6.45, 7) is 2.04. The molecule has 0 unspecified atom stereocenters. The molecule has 0 aromatic heterocycles. The van der Waals surface area contributed by atoms with E-state index < -0.39 is 0 Å². The van der Waals surface area contributed by atoms with Gasteiger partial charge in [-0.05, 0) is 48.1 Å². The monoisotopic (exact) mass is 387 g/mol. The summed E-state index contributed by atoms with van der Waals surface area (Å²) in [5.41, 5.74) is 4.71. The van der Waals surface area contributed by atoms with E-state index in [1.165, 1.54) is 7.11 Å². The first-order valence-electron chi connectivity index (χ1n) is 8.62. The minimum absolute atomic E-state index is 0.0281. The van der Waals surface area contributed by atoms with Gasteiger partial charge in [0.25, 0.3) is 0 Å². The molecule has 0 fully saturated rings. The number of aryl methyl sites for hydroxylation is 1. The fourth-order valence-corrected chi connectivity index (χ4v) is 4.64. The summed E-state index contributed by atoms with van der Waals surface area (Å²) < 4.78 is 5.01. The normalized spacial score (nSPS) is 23.2. The maximum Gasteiger partial charge on any atom is 0.338 e. The van der Waals surface area contributed by atoms with Gasteiger partial charge in [-0.15, -0.1) is 0 Å². The summed E-state index contributed by atoms with van der Waals surface area (Å²) in [7, 11) is 1.42. The number of carbonyl (C=O) groups excluding carboxylic acids is 1. The number of allylic oxidation sites excluding steroid dienone is 2. The molecule has 1 N–H and O–H groups in total. The lowest BCUT2D eigenvalue weighted by atomic mass is 9.74. The van der Waals surface area contributed by atoms with Gasteiger partial charge in [0.15, 0.2) is 0 Å². The Morgan fingerprint density at radius 1 is 1.23 bits per heavy atom. The van der Waals surface area contributed by atoms with E-state index in [-0.39, 0.29) is 23.8 Å². The van der Waals surface area contributed by atoms with Gasteiger partial charge in [0.05, 0.1) is 28.8 Å². The molecule has 0 saturated heterocycles. The number of halogens is 2. The Kier molecular flexibility index (Phi) is 4.45. The zero-order valence-corrected chi connectivity index (χ0v) is 16.1. The first kappa shape index (κ1) is 17.4. The zero-order valence-electron chi connectivity index (χ0n) is 14.6. The van der Waals surface area contributed by atoms with Crippen molar-refractivity contribution < 1.29 is 9.53 Å². The van der Waals surface area contributed by atoms with E-state index in [4.69, 9.17) is 27.9 Å². The van der Waals surface area contributed by atoms with E-state index in [1.807, 2.05) is 31.2 Å². The van der Waals surface area contributed by atoms with Crippen LogP contribution in [0.3, 0.4) is 0 Å². The Balaban J connectivity index is 1.89. The summed E-state index contributed by atoms with van der Waals surface area (Å²) in [5.74, 6) is 0.102. The van der Waals surface area contributed by atoms with Crippen LogP contribution in [0.2, 0.25) is 10.0 Å². The van der Waals surface area contributed by atoms with Crippen molar-refractivity contribution in [2.45, 2.75) is 25.3 Å². The van der Waals surface area contributed by atoms with E-state index >= 15 is 0 Å². The van der Waals surface area contributed by atoms with E-state index in [9.17, 15) is 4.79 Å². The molecule has 26 heavy (non-hydrogen) atoms. The third-order valence-corrected chi connectivity index (χ3v) is 6.28. The van der Waals surface area contributed by atoms with Crippen LogP contribution in [-0.4, -0.2) is 13.1 Å². The van der Waals surface area contributed by atoms with E-state index in [2.05, 4.69) is 17.5 Å². The average Bonchev–Trinajstić information content (AvgIpc) is 3.13. The third-order valence-electron chi connectivity index (χ3n) is 5.45. The Morgan fingerprint density at radius 3 is 2.81 bits per heavy atom. The minimum atomic E-state index is -0.304. The van der Waals surface area contributed by atoms with Crippen LogP contribution >= 0.6 is 23.2 Å². The summed E-state index contributed by atoms with van der Waals surface area (Å²) in [5, 5.41) is 4.79. The number of nitrogens with one attached hydrogen (secondary N) is 1. The van der Waals surface area contributed by atoms with Crippen LogP contribution in [0.1, 0.15) is 45.4 Å². The Hall–Kier alpha value is -1.97. The van der Waals surface area contributed by atoms with Crippen molar-refractivity contribution in [2.75, 3.05) is 12.4 Å². The van der Waals surface area contributed by atoms with Gasteiger partial charge >= 0.3 is 5.97 Å². The summed E-state index contributed by atoms with van der Waals surface area (Å²) in [6.07, 6.45) is 5.29. The Morgan fingerprint density at radius 2 is 2.04 bits per heavy atom. The van der Waals surface area contributed by atoms with Crippen LogP contribution < -0.4 is 5.32 Å². The summed E-state index contributed by atoms with van der Waals surface area (Å²) in [6, 6.07) is 9.59. The van der Waals surface area contributed by atoms with E-state index in [1.54, 1.807) is 6.07 Å². The van der Waals surface area contributed by atoms with Gasteiger partial charge in [-0.25, -0.2) is 4.79 Å². The number of methoxy groups -OCH3 is 1. The highest BCUT2D eigenvalue weighted by Crippen LogP contribution is 2.53. The lowest BCUT2D eigenvalue weighted by molar-refractivity contribution is 0.0598. The summed E-state index contributed by atoms with van der Waals surface area (Å²) in [4.78, 5) is 12.3. The highest BCUT2D eigenvalue weighted by atomic mass is 35.5. The van der Waals surface area contributed by atoms with Gasteiger partial charge < -0.3 is 10.1 Å². The van der Waals surface area contributed by atoms with Crippen molar-refractivity contribution in [1.82, 2.24) is 0 Å². The molecule has 2 aromatic carbocycles. The fraction of sp³-hybridized carbons (Fsp3) is 0.286. The van der Waals surface area contributed by atoms with Gasteiger partial charge in [0, 0.05) is 11.6 Å². The quantitative estimate of drug-likeness (QED) is 0.513. The van der Waals surface area contributed by atoms with Crippen molar-refractivity contribution in [2.24, 2.45) is 5.92 Å². The molecule has 0 saturated carbocycles. The molecule has 0 amide bonds. The zero-order chi connectivity index (χ0) is 18.4. The number of anilines is 1. The second-order valence-corrected chi connectivity index (χ2v) is 7.61. The van der Waals surface area contributed by atoms with Gasteiger partial charge in [-0.1, -0.05) is 53.6 Å². The van der Waals surface area contributed by atoms with Crippen LogP contribution in [0.25, 0.3) is 0 Å². The molecule has 4 rings (SSSR count). The molecule has 0 radical (unpaired) electrons. The predicted octanol–water partition coefficient (Wildman–Crippen LogP) is 5.91. The lowest BCUT2D eigenvalue weighted by Gasteiger charge is -2.39. The highest BCUT2D eigenvalue weighted by Gasteiger charge is 2.41. The van der Waals surface area contributed by atoms with Crippen molar-refractivity contribution >= 4 is 34.9 Å². The first-order valence-corrected chi connectivity index (χ1v) is 9.37. The number of fused-ring (bicyclic) bond motifs is 3. The molecule has 3 atom stereocenters. The second kappa shape index (κ2) is 6.64. The largest absolute Gasteiger partial charge is 0.465 e. The maximum absolute atomic E-state index is 12.3. The molecule has 1 aliphatic heterocycles. The molecular weight excluding hydrogens is 369 g/mol. The number of ether oxygens (including phenoxy) is 1. The number of carbonyl (C=O) groups is 1. The molecule has 3 nitrogen and oxygen atoms in total. The van der Waals surface area contributed by atoms with Crippen molar-refractivity contribution in [1.29, 1.82) is 0 Å². The van der Waals surface area contributed by atoms with Crippen molar-refractivity contribution in [3.63, 3.8) is 0 Å². The van der Waals surface area contributed by atoms with Crippen LogP contribution in [0.5, 0.6) is 0 Å². The maximum atomic E-state index is 12.3. The van der Waals surface area contributed by atoms with Crippen molar-refractivity contribution in [3.8, 4) is 0 Å². The van der Waals surface area contributed by atoms with Crippen LogP contribution in [-0.2, 0) is 4.74 Å². The van der Waals surface area contributed by atoms with Crippen LogP contribution in [0.15, 0.2) is 42.5 Å². The molecule has 1 heterocycles. The van der Waals surface area contributed by atoms with Crippen LogP contribution in [0.4, 0.5) is 5.69 Å². The molecule has 2 aromatic rings. The number of hydrogen-bond donors (Lipinski definition) is 1. The standard InChI is InChI=1S/C21H19Cl2NO2/c1-11-9-10-14(21(25)26-2)17-12-5-3-6-13(12)20(24-19(11)17)15-7-4-8-16(22)18(15)23/h3-5,7-10,12-13,20,24H,6H2,1-2H3/t12-,13+,20-/m1/s1. The Labute approximate surface area is 163 Å². The van der Waals surface area contributed by atoms with Gasteiger partial charge in [-0.3, -0.25) is 0 Å². The van der Waals surface area contributed by atoms with Gasteiger partial charge in [0.1, 0.15) is 0 Å². The number of benzene rings is 2. The predicted molar refractivity (Wildman–Crippen MR) is 105 cm³/mol.